The Hall–Kier alpha value is -1.40. The molecule has 3 aliphatic heterocycles. The standard InChI is InChI=1S/C20H32N4O2/c1-2-26-20(25)16-9-15-5-3-6-18(10-16)23(13-15)14-17-11-19-12-21-7-4-8-24(19)22-17/h11,15-16,18,21H,2-10,12-14H2,1H3. The van der Waals surface area contributed by atoms with Crippen molar-refractivity contribution in [2.45, 2.75) is 71.1 Å². The van der Waals surface area contributed by atoms with Gasteiger partial charge in [0.25, 0.3) is 0 Å². The van der Waals surface area contributed by atoms with Crippen molar-refractivity contribution in [1.29, 1.82) is 0 Å². The van der Waals surface area contributed by atoms with E-state index in [9.17, 15) is 4.79 Å². The van der Waals surface area contributed by atoms with Gasteiger partial charge in [-0.3, -0.25) is 14.4 Å². The van der Waals surface area contributed by atoms with Crippen LogP contribution in [0.2, 0.25) is 0 Å². The molecule has 2 bridgehead atoms. The first-order valence-corrected chi connectivity index (χ1v) is 10.4. The van der Waals surface area contributed by atoms with Crippen molar-refractivity contribution in [3.05, 3.63) is 17.5 Å². The summed E-state index contributed by atoms with van der Waals surface area (Å²) >= 11 is 0. The Kier molecular flexibility index (Phi) is 5.60. The molecule has 1 aromatic heterocycles. The maximum absolute atomic E-state index is 12.3. The summed E-state index contributed by atoms with van der Waals surface area (Å²) in [5.74, 6) is 0.711. The van der Waals surface area contributed by atoms with Crippen LogP contribution in [0.15, 0.2) is 6.07 Å². The molecule has 144 valence electrons. The van der Waals surface area contributed by atoms with E-state index in [1.807, 2.05) is 6.92 Å². The first kappa shape index (κ1) is 18.0. The van der Waals surface area contributed by atoms with Crippen LogP contribution >= 0.6 is 0 Å². The largest absolute Gasteiger partial charge is 0.466 e. The molecule has 2 saturated heterocycles. The zero-order valence-corrected chi connectivity index (χ0v) is 16.0. The molecule has 3 unspecified atom stereocenters. The third-order valence-corrected chi connectivity index (χ3v) is 6.26. The Morgan fingerprint density at radius 1 is 1.35 bits per heavy atom. The van der Waals surface area contributed by atoms with E-state index in [0.717, 1.165) is 52.0 Å². The van der Waals surface area contributed by atoms with Crippen molar-refractivity contribution < 1.29 is 9.53 Å². The van der Waals surface area contributed by atoms with E-state index < -0.39 is 0 Å². The third kappa shape index (κ3) is 3.96. The average molecular weight is 361 g/mol. The first-order valence-electron chi connectivity index (χ1n) is 10.4. The molecular weight excluding hydrogens is 328 g/mol. The predicted molar refractivity (Wildman–Crippen MR) is 99.4 cm³/mol. The highest BCUT2D eigenvalue weighted by Crippen LogP contribution is 2.36. The van der Waals surface area contributed by atoms with Crippen LogP contribution in [0, 0.1) is 11.8 Å². The van der Waals surface area contributed by atoms with Crippen molar-refractivity contribution in [1.82, 2.24) is 20.0 Å². The van der Waals surface area contributed by atoms with Gasteiger partial charge in [0.2, 0.25) is 0 Å². The number of aromatic nitrogens is 2. The number of carbonyl (C=O) groups is 1. The molecule has 0 aromatic carbocycles. The minimum Gasteiger partial charge on any atom is -0.466 e. The summed E-state index contributed by atoms with van der Waals surface area (Å²) in [5, 5.41) is 8.35. The van der Waals surface area contributed by atoms with Crippen LogP contribution < -0.4 is 5.32 Å². The van der Waals surface area contributed by atoms with Crippen LogP contribution in [-0.4, -0.2) is 46.4 Å². The zero-order valence-electron chi connectivity index (χ0n) is 16.0. The number of esters is 1. The number of aryl methyl sites for hydroxylation is 1. The van der Waals surface area contributed by atoms with Gasteiger partial charge in [-0.2, -0.15) is 5.10 Å². The first-order chi connectivity index (χ1) is 12.7. The van der Waals surface area contributed by atoms with Crippen LogP contribution in [0.1, 0.15) is 56.8 Å². The Bertz CT molecular complexity index is 606. The summed E-state index contributed by atoms with van der Waals surface area (Å²) in [6, 6.07) is 2.76. The van der Waals surface area contributed by atoms with Crippen molar-refractivity contribution in [2.75, 3.05) is 19.7 Å². The molecule has 0 saturated carbocycles. The number of nitrogens with one attached hydrogen (secondary N) is 1. The van der Waals surface area contributed by atoms with Gasteiger partial charge >= 0.3 is 5.97 Å². The fraction of sp³-hybridized carbons (Fsp3) is 0.800. The molecule has 4 rings (SSSR count). The van der Waals surface area contributed by atoms with Gasteiger partial charge in [0.1, 0.15) is 0 Å². The molecule has 0 amide bonds. The summed E-state index contributed by atoms with van der Waals surface area (Å²) in [6.07, 6.45) is 6.81. The molecule has 0 radical (unpaired) electrons. The van der Waals surface area contributed by atoms with Crippen molar-refractivity contribution in [3.63, 3.8) is 0 Å². The maximum atomic E-state index is 12.3. The predicted octanol–water partition coefficient (Wildman–Crippen LogP) is 2.32. The average Bonchev–Trinajstić information content (AvgIpc) is 2.76. The van der Waals surface area contributed by atoms with E-state index in [0.29, 0.717) is 18.6 Å². The van der Waals surface area contributed by atoms with Gasteiger partial charge in [0.15, 0.2) is 0 Å². The summed E-state index contributed by atoms with van der Waals surface area (Å²) in [6.45, 7) is 7.41. The Balaban J connectivity index is 1.47. The van der Waals surface area contributed by atoms with E-state index in [2.05, 4.69) is 21.0 Å². The molecule has 1 aromatic rings. The Morgan fingerprint density at radius 2 is 2.27 bits per heavy atom. The lowest BCUT2D eigenvalue weighted by Gasteiger charge is -2.29. The second-order valence-electron chi connectivity index (χ2n) is 8.18. The summed E-state index contributed by atoms with van der Waals surface area (Å²) < 4.78 is 7.52. The van der Waals surface area contributed by atoms with Crippen LogP contribution in [0.5, 0.6) is 0 Å². The SMILES string of the molecule is CCOC(=O)C1CC2CCCC(C1)N(Cc1cc3n(n1)CCCNC3)C2. The number of rotatable bonds is 4. The topological polar surface area (TPSA) is 59.4 Å². The van der Waals surface area contributed by atoms with Crippen LogP contribution in [-0.2, 0) is 29.2 Å². The van der Waals surface area contributed by atoms with Gasteiger partial charge in [-0.25, -0.2) is 0 Å². The van der Waals surface area contributed by atoms with E-state index in [-0.39, 0.29) is 11.9 Å². The number of nitrogens with zero attached hydrogens (tertiary/aromatic N) is 3. The highest BCUT2D eigenvalue weighted by molar-refractivity contribution is 5.72. The van der Waals surface area contributed by atoms with E-state index in [4.69, 9.17) is 9.84 Å². The lowest BCUT2D eigenvalue weighted by atomic mass is 9.85. The minimum atomic E-state index is 0.0195. The highest BCUT2D eigenvalue weighted by atomic mass is 16.5. The van der Waals surface area contributed by atoms with Gasteiger partial charge in [-0.1, -0.05) is 6.42 Å². The highest BCUT2D eigenvalue weighted by Gasteiger charge is 2.37. The summed E-state index contributed by atoms with van der Waals surface area (Å²) in [7, 11) is 0. The minimum absolute atomic E-state index is 0.0195. The smallest absolute Gasteiger partial charge is 0.308 e. The number of fused-ring (bicyclic) bond motifs is 4. The molecule has 1 N–H and O–H groups in total. The molecule has 4 heterocycles. The molecule has 26 heavy (non-hydrogen) atoms. The van der Waals surface area contributed by atoms with Crippen molar-refractivity contribution >= 4 is 5.97 Å². The van der Waals surface area contributed by atoms with Gasteiger partial charge in [0.05, 0.1) is 23.9 Å². The second kappa shape index (κ2) is 8.09. The Labute approximate surface area is 156 Å². The molecule has 6 heteroatoms. The van der Waals surface area contributed by atoms with Gasteiger partial charge in [-0.05, 0) is 57.6 Å². The summed E-state index contributed by atoms with van der Waals surface area (Å²) in [4.78, 5) is 15.0. The van der Waals surface area contributed by atoms with E-state index in [1.165, 1.54) is 30.7 Å². The maximum Gasteiger partial charge on any atom is 0.308 e. The van der Waals surface area contributed by atoms with Crippen LogP contribution in [0.3, 0.4) is 0 Å². The fourth-order valence-corrected chi connectivity index (χ4v) is 5.04. The molecule has 3 atom stereocenters. The van der Waals surface area contributed by atoms with E-state index >= 15 is 0 Å². The molecule has 2 fully saturated rings. The molecule has 3 aliphatic rings. The zero-order chi connectivity index (χ0) is 17.9. The summed E-state index contributed by atoms with van der Waals surface area (Å²) in [5.41, 5.74) is 2.49. The van der Waals surface area contributed by atoms with Crippen molar-refractivity contribution in [2.24, 2.45) is 11.8 Å². The number of carbonyl (C=O) groups excluding carboxylic acids is 1. The number of ether oxygens (including phenoxy) is 1. The van der Waals surface area contributed by atoms with Crippen LogP contribution in [0.25, 0.3) is 0 Å². The second-order valence-corrected chi connectivity index (χ2v) is 8.18. The van der Waals surface area contributed by atoms with Crippen LogP contribution in [0.4, 0.5) is 0 Å². The van der Waals surface area contributed by atoms with E-state index in [1.54, 1.807) is 0 Å². The quantitative estimate of drug-likeness (QED) is 0.835. The van der Waals surface area contributed by atoms with Gasteiger partial charge in [-0.15, -0.1) is 0 Å². The third-order valence-electron chi connectivity index (χ3n) is 6.26. The monoisotopic (exact) mass is 360 g/mol. The van der Waals surface area contributed by atoms with Gasteiger partial charge < -0.3 is 10.1 Å². The van der Waals surface area contributed by atoms with Gasteiger partial charge in [0, 0.05) is 32.2 Å². The number of hydrogen-bond acceptors (Lipinski definition) is 5. The Morgan fingerprint density at radius 3 is 3.15 bits per heavy atom. The number of hydrogen-bond donors (Lipinski definition) is 1. The lowest BCUT2D eigenvalue weighted by Crippen LogP contribution is -2.35. The molecular formula is C20H32N4O2. The fourth-order valence-electron chi connectivity index (χ4n) is 5.04. The molecule has 0 spiro atoms. The lowest BCUT2D eigenvalue weighted by molar-refractivity contribution is -0.149. The normalized spacial score (nSPS) is 29.5. The molecule has 6 nitrogen and oxygen atoms in total. The molecule has 0 aliphatic carbocycles. The van der Waals surface area contributed by atoms with Crippen molar-refractivity contribution in [3.8, 4) is 0 Å².